The molecule has 14 nitrogen and oxygen atoms in total. The van der Waals surface area contributed by atoms with Gasteiger partial charge >= 0.3 is 12.9 Å². The monoisotopic (exact) mass is 918 g/mol. The molecule has 348 valence electrons. The van der Waals surface area contributed by atoms with Crippen LogP contribution in [0.4, 0.5) is 8.63 Å². The van der Waals surface area contributed by atoms with Crippen molar-refractivity contribution in [2.75, 3.05) is 5.88 Å². The van der Waals surface area contributed by atoms with Crippen LogP contribution < -0.4 is 0 Å². The normalized spacial score (nSPS) is 34.5. The minimum atomic E-state index is -4.08. The second-order valence-corrected chi connectivity index (χ2v) is 20.4. The van der Waals surface area contributed by atoms with Crippen LogP contribution in [-0.4, -0.2) is 105 Å². The molecule has 0 aromatic carbocycles. The topological polar surface area (TPSA) is 177 Å². The van der Waals surface area contributed by atoms with Crippen LogP contribution in [0.1, 0.15) is 114 Å². The maximum Gasteiger partial charge on any atom is 0.737 e. The molecule has 0 spiro atoms. The van der Waals surface area contributed by atoms with E-state index in [0.717, 1.165) is 20.1 Å². The van der Waals surface area contributed by atoms with E-state index in [1.165, 1.54) is 4.90 Å². The molecule has 2 aromatic heterocycles. The van der Waals surface area contributed by atoms with Gasteiger partial charge in [0.25, 0.3) is 0 Å². The van der Waals surface area contributed by atoms with E-state index in [9.17, 15) is 34.2 Å². The summed E-state index contributed by atoms with van der Waals surface area (Å²) in [4.78, 5) is 68.8. The van der Waals surface area contributed by atoms with Crippen molar-refractivity contribution in [3.8, 4) is 0 Å². The molecule has 2 unspecified atom stereocenters. The fourth-order valence-electron chi connectivity index (χ4n) is 13.5. The van der Waals surface area contributed by atoms with Gasteiger partial charge in [0.2, 0.25) is 11.8 Å². The summed E-state index contributed by atoms with van der Waals surface area (Å²) in [6.07, 6.45) is 10.5. The van der Waals surface area contributed by atoms with Crippen molar-refractivity contribution in [3.05, 3.63) is 64.4 Å². The van der Waals surface area contributed by atoms with Crippen LogP contribution in [-0.2, 0) is 41.8 Å². The summed E-state index contributed by atoms with van der Waals surface area (Å²) in [6, 6.07) is 1.76. The minimum Gasteiger partial charge on any atom is -0.461 e. The Morgan fingerprint density at radius 3 is 2.58 bits per heavy atom. The Kier molecular flexibility index (Phi) is 11.4. The molecule has 18 heteroatoms. The number of rotatable bonds is 13. The van der Waals surface area contributed by atoms with Crippen molar-refractivity contribution in [2.45, 2.75) is 136 Å². The lowest BCUT2D eigenvalue weighted by Crippen LogP contribution is -2.69. The largest absolute Gasteiger partial charge is 0.737 e. The molecule has 65 heavy (non-hydrogen) atoms. The maximum absolute atomic E-state index is 15.8. The van der Waals surface area contributed by atoms with Gasteiger partial charge in [0.05, 0.1) is 24.6 Å². The zero-order valence-electron chi connectivity index (χ0n) is 37.6. The Morgan fingerprint density at radius 1 is 1.08 bits per heavy atom. The van der Waals surface area contributed by atoms with Gasteiger partial charge < -0.3 is 32.5 Å². The summed E-state index contributed by atoms with van der Waals surface area (Å²) in [5.74, 6) is -4.42. The van der Waals surface area contributed by atoms with E-state index in [4.69, 9.17) is 16.3 Å². The first-order valence-corrected chi connectivity index (χ1v) is 23.7. The smallest absolute Gasteiger partial charge is 0.461 e. The third-order valence-electron chi connectivity index (χ3n) is 17.0. The van der Waals surface area contributed by atoms with Gasteiger partial charge in [-0.2, -0.15) is 0 Å². The number of aliphatic hydroxyl groups excluding tert-OH is 1. The van der Waals surface area contributed by atoms with Gasteiger partial charge in [-0.15, -0.1) is 16.7 Å². The van der Waals surface area contributed by atoms with E-state index < -0.39 is 65.1 Å². The van der Waals surface area contributed by atoms with Crippen molar-refractivity contribution < 1.29 is 52.0 Å². The Morgan fingerprint density at radius 2 is 1.83 bits per heavy atom. The van der Waals surface area contributed by atoms with E-state index >= 15 is 8.63 Å². The number of aryl methyl sites for hydroxylation is 3. The molecule has 3 saturated carbocycles. The predicted octanol–water partition coefficient (Wildman–Crippen LogP) is 5.63. The molecular weight excluding hydrogens is 861 g/mol. The van der Waals surface area contributed by atoms with Gasteiger partial charge in [0, 0.05) is 60.6 Å². The summed E-state index contributed by atoms with van der Waals surface area (Å²) in [5, 5.41) is 32.3. The summed E-state index contributed by atoms with van der Waals surface area (Å²) in [7, 11) is 0. The first kappa shape index (κ1) is 45.5. The SMILES string of the molecule is Cc1cc(C)n2c1C=C1C=CC(CCC(=O)CCCCn3cc(CN4C(=O)C5CC=C([C@@H]6C[C@@H](OC(=O)CCl)[C@]7(C)[C@H](C)CC[C@]8(C[C@H](O)C(=O)[C@]87O)[C@H]6C)CC5C4=O)nn3)=[N+]1[B-]2(F)F. The highest BCUT2D eigenvalue weighted by atomic mass is 35.5. The first-order valence-electron chi connectivity index (χ1n) is 23.2. The molecular formula is C47H58BClF2N6O8. The number of hydrogen-bond acceptors (Lipinski definition) is 10. The number of hydrogen-bond donors (Lipinski definition) is 2. The summed E-state index contributed by atoms with van der Waals surface area (Å²) in [5.41, 5.74) is -0.168. The fraction of sp³-hybridized carbons (Fsp3) is 0.617. The highest BCUT2D eigenvalue weighted by Gasteiger charge is 2.78. The number of carbonyl (C=O) groups is 5. The molecule has 9 rings (SSSR count). The number of alkyl halides is 1. The van der Waals surface area contributed by atoms with Crippen LogP contribution >= 0.6 is 11.6 Å². The van der Waals surface area contributed by atoms with E-state index in [-0.39, 0.29) is 80.4 Å². The summed E-state index contributed by atoms with van der Waals surface area (Å²) < 4.78 is 41.4. The quantitative estimate of drug-likeness (QED) is 0.0640. The standard InChI is InChI=1S/C47H58BClF2N6O8/c1-26-18-28(3)56-38(26)20-33-11-10-32(57(33)48(56,50)51)12-13-34(58)8-6-7-17-54-24-31(52-53-54)25-55-43(62)35-14-9-30(19-37(35)44(55)63)36-21-40(65-41(60)23-49)45(5)27(2)15-16-46(29(36)4)22-39(59)42(61)47(45,46)64/h9-11,18,20,24,27,29,35-37,39-40,59,64H,6-8,12-17,19,21-23,25H2,1-5H3/t27-,29+,35?,36-,37?,39+,40-,45+,46+,47-/m1/s1. The number of carbonyl (C=O) groups excluding carboxylic acids is 5. The third-order valence-corrected chi connectivity index (χ3v) is 17.3. The number of nitrogens with zero attached hydrogens (tertiary/aromatic N) is 6. The van der Waals surface area contributed by atoms with Crippen LogP contribution in [0.5, 0.6) is 0 Å². The second-order valence-electron chi connectivity index (χ2n) is 20.2. The maximum atomic E-state index is 15.8. The van der Waals surface area contributed by atoms with Gasteiger partial charge in [-0.25, -0.2) is 0 Å². The molecule has 1 saturated heterocycles. The highest BCUT2D eigenvalue weighted by molar-refractivity contribution is 6.58. The number of aliphatic hydroxyl groups is 2. The number of allylic oxidation sites excluding steroid dienone is 4. The number of imide groups is 1. The fourth-order valence-corrected chi connectivity index (χ4v) is 13.5. The summed E-state index contributed by atoms with van der Waals surface area (Å²) in [6.45, 7) is 5.56. The molecule has 2 amide bonds. The first-order chi connectivity index (χ1) is 30.8. The number of amides is 2. The van der Waals surface area contributed by atoms with E-state index in [2.05, 4.69) is 10.3 Å². The average Bonchev–Trinajstić information content (AvgIpc) is 4.07. The summed E-state index contributed by atoms with van der Waals surface area (Å²) >= 11 is 5.93. The molecule has 2 bridgehead atoms. The predicted molar refractivity (Wildman–Crippen MR) is 235 cm³/mol. The number of ketones is 2. The Labute approximate surface area is 381 Å². The van der Waals surface area contributed by atoms with Crippen molar-refractivity contribution in [1.82, 2.24) is 24.4 Å². The van der Waals surface area contributed by atoms with Crippen molar-refractivity contribution in [2.24, 2.45) is 40.4 Å². The third kappa shape index (κ3) is 6.82. The van der Waals surface area contributed by atoms with Gasteiger partial charge in [-0.05, 0) is 100 Å². The van der Waals surface area contributed by atoms with Crippen molar-refractivity contribution in [3.63, 3.8) is 0 Å². The molecule has 10 atom stereocenters. The Balaban J connectivity index is 0.808. The second kappa shape index (κ2) is 16.3. The van der Waals surface area contributed by atoms with Gasteiger partial charge in [-0.3, -0.25) is 33.6 Å². The number of esters is 1. The van der Waals surface area contributed by atoms with Crippen LogP contribution in [0.15, 0.2) is 41.8 Å². The van der Waals surface area contributed by atoms with Crippen molar-refractivity contribution >= 4 is 59.7 Å². The lowest BCUT2D eigenvalue weighted by molar-refractivity contribution is -0.362. The number of fused-ring (bicyclic) bond motifs is 3. The number of halogens is 3. The van der Waals surface area contributed by atoms with E-state index in [1.54, 1.807) is 49.0 Å². The Hall–Kier alpha value is -4.61. The van der Waals surface area contributed by atoms with Crippen LogP contribution in [0.25, 0.3) is 6.08 Å². The molecule has 7 aliphatic rings. The number of unbranched alkanes of at least 4 members (excludes halogenated alkanes) is 1. The highest BCUT2D eigenvalue weighted by Crippen LogP contribution is 2.71. The molecule has 4 aliphatic carbocycles. The minimum absolute atomic E-state index is 0.0161. The molecule has 0 radical (unpaired) electrons. The lowest BCUT2D eigenvalue weighted by atomic mass is 9.46. The van der Waals surface area contributed by atoms with Crippen LogP contribution in [0.3, 0.4) is 0 Å². The van der Waals surface area contributed by atoms with Gasteiger partial charge in [-0.1, -0.05) is 37.6 Å². The van der Waals surface area contributed by atoms with E-state index in [0.29, 0.717) is 67.1 Å². The molecule has 3 aliphatic heterocycles. The van der Waals surface area contributed by atoms with Crippen LogP contribution in [0, 0.1) is 54.3 Å². The van der Waals surface area contributed by atoms with Crippen LogP contribution in [0.2, 0.25) is 0 Å². The van der Waals surface area contributed by atoms with Gasteiger partial charge in [0.15, 0.2) is 11.5 Å². The number of Topliss-reactive ketones (excluding diaryl/α,β-unsaturated/α-hetero) is 2. The molecule has 2 N–H and O–H groups in total. The zero-order chi connectivity index (χ0) is 46.5. The lowest BCUT2D eigenvalue weighted by Gasteiger charge is -2.60. The van der Waals surface area contributed by atoms with Gasteiger partial charge in [0.1, 0.15) is 40.9 Å². The average molecular weight is 919 g/mol. The molecule has 2 aromatic rings. The number of likely N-dealkylation sites (tertiary alicyclic amines) is 1. The Bertz CT molecular complexity index is 2520. The molecule has 4 fully saturated rings. The zero-order valence-corrected chi connectivity index (χ0v) is 38.4. The number of ether oxygens (including phenoxy) is 1. The molecule has 5 heterocycles. The van der Waals surface area contributed by atoms with Crippen molar-refractivity contribution in [1.29, 1.82) is 0 Å². The van der Waals surface area contributed by atoms with E-state index in [1.807, 2.05) is 26.8 Å². The number of aromatic nitrogens is 4.